The topological polar surface area (TPSA) is 75.3 Å². The minimum atomic E-state index is -3.79. The molecule has 0 unspecified atom stereocenters. The molecule has 22 heavy (non-hydrogen) atoms. The molecule has 0 bridgehead atoms. The Labute approximate surface area is 128 Å². The molecule has 0 spiro atoms. The first-order chi connectivity index (χ1) is 10.4. The summed E-state index contributed by atoms with van der Waals surface area (Å²) in [6.45, 7) is 2.29. The number of carbonyl (C=O) groups is 1. The monoisotopic (exact) mass is 322 g/mol. The summed E-state index contributed by atoms with van der Waals surface area (Å²) in [7, 11) is -3.79. The van der Waals surface area contributed by atoms with Crippen LogP contribution in [0.1, 0.15) is 17.3 Å². The lowest BCUT2D eigenvalue weighted by Gasteiger charge is -2.09. The Balaban J connectivity index is 2.19. The first kappa shape index (κ1) is 16.0. The van der Waals surface area contributed by atoms with E-state index in [1.165, 1.54) is 36.4 Å². The van der Waals surface area contributed by atoms with E-state index in [0.717, 1.165) is 12.1 Å². The average Bonchev–Trinajstić information content (AvgIpc) is 2.50. The first-order valence-electron chi connectivity index (χ1n) is 6.59. The van der Waals surface area contributed by atoms with Gasteiger partial charge in [0.25, 0.3) is 15.9 Å². The second kappa shape index (κ2) is 6.57. The second-order valence-corrected chi connectivity index (χ2v) is 6.18. The Morgan fingerprint density at radius 1 is 1.05 bits per heavy atom. The van der Waals surface area contributed by atoms with Crippen molar-refractivity contribution in [1.82, 2.24) is 5.32 Å². The van der Waals surface area contributed by atoms with Crippen molar-refractivity contribution >= 4 is 21.6 Å². The predicted octanol–water partition coefficient (Wildman–Crippen LogP) is 2.38. The molecular formula is C15H15FN2O3S. The molecule has 0 aliphatic rings. The number of sulfonamides is 1. The number of anilines is 1. The van der Waals surface area contributed by atoms with Crippen molar-refractivity contribution in [2.45, 2.75) is 11.8 Å². The number of halogens is 1. The average molecular weight is 322 g/mol. The fourth-order valence-electron chi connectivity index (χ4n) is 1.78. The van der Waals surface area contributed by atoms with Crippen LogP contribution >= 0.6 is 0 Å². The SMILES string of the molecule is CCNC(=O)c1ccc(S(=O)(=O)Nc2ccc(F)cc2)cc1. The van der Waals surface area contributed by atoms with Crippen LogP contribution in [0.4, 0.5) is 10.1 Å². The van der Waals surface area contributed by atoms with Gasteiger partial charge in [-0.25, -0.2) is 12.8 Å². The highest BCUT2D eigenvalue weighted by Gasteiger charge is 2.15. The molecule has 2 aromatic rings. The van der Waals surface area contributed by atoms with Gasteiger partial charge in [-0.2, -0.15) is 0 Å². The molecule has 0 aliphatic carbocycles. The van der Waals surface area contributed by atoms with Crippen molar-refractivity contribution < 1.29 is 17.6 Å². The van der Waals surface area contributed by atoms with Gasteiger partial charge in [-0.3, -0.25) is 9.52 Å². The van der Waals surface area contributed by atoms with E-state index < -0.39 is 15.8 Å². The molecule has 0 atom stereocenters. The van der Waals surface area contributed by atoms with Crippen LogP contribution < -0.4 is 10.0 Å². The zero-order valence-electron chi connectivity index (χ0n) is 11.8. The summed E-state index contributed by atoms with van der Waals surface area (Å²) in [5, 5.41) is 2.63. The first-order valence-corrected chi connectivity index (χ1v) is 8.07. The fourth-order valence-corrected chi connectivity index (χ4v) is 2.84. The third kappa shape index (κ3) is 3.82. The molecule has 0 radical (unpaired) electrons. The Morgan fingerprint density at radius 3 is 2.18 bits per heavy atom. The molecule has 0 saturated carbocycles. The maximum absolute atomic E-state index is 12.8. The number of carbonyl (C=O) groups excluding carboxylic acids is 1. The summed E-state index contributed by atoms with van der Waals surface area (Å²) in [6.07, 6.45) is 0. The van der Waals surface area contributed by atoms with Crippen LogP contribution in [0.25, 0.3) is 0 Å². The number of amides is 1. The van der Waals surface area contributed by atoms with E-state index in [0.29, 0.717) is 12.1 Å². The number of hydrogen-bond donors (Lipinski definition) is 2. The molecule has 0 saturated heterocycles. The quantitative estimate of drug-likeness (QED) is 0.887. The highest BCUT2D eigenvalue weighted by Crippen LogP contribution is 2.17. The van der Waals surface area contributed by atoms with E-state index in [4.69, 9.17) is 0 Å². The molecule has 2 N–H and O–H groups in total. The molecule has 0 fully saturated rings. The van der Waals surface area contributed by atoms with Gasteiger partial charge < -0.3 is 5.32 Å². The van der Waals surface area contributed by atoms with Crippen molar-refractivity contribution in [3.05, 3.63) is 59.9 Å². The van der Waals surface area contributed by atoms with Crippen molar-refractivity contribution in [2.75, 3.05) is 11.3 Å². The van der Waals surface area contributed by atoms with Gasteiger partial charge in [0.1, 0.15) is 5.82 Å². The van der Waals surface area contributed by atoms with Gasteiger partial charge in [-0.05, 0) is 55.5 Å². The van der Waals surface area contributed by atoms with E-state index in [1.807, 2.05) is 0 Å². The lowest BCUT2D eigenvalue weighted by molar-refractivity contribution is 0.0955. The molecule has 116 valence electrons. The molecule has 7 heteroatoms. The molecule has 1 amide bonds. The van der Waals surface area contributed by atoms with Gasteiger partial charge in [0.05, 0.1) is 4.90 Å². The lowest BCUT2D eigenvalue weighted by atomic mass is 10.2. The van der Waals surface area contributed by atoms with Gasteiger partial charge >= 0.3 is 0 Å². The van der Waals surface area contributed by atoms with Crippen LogP contribution in [0, 0.1) is 5.82 Å². The Bertz CT molecular complexity index is 756. The summed E-state index contributed by atoms with van der Waals surface area (Å²) < 4.78 is 39.5. The zero-order valence-corrected chi connectivity index (χ0v) is 12.7. The van der Waals surface area contributed by atoms with Crippen molar-refractivity contribution in [1.29, 1.82) is 0 Å². The van der Waals surface area contributed by atoms with Crippen molar-refractivity contribution in [3.8, 4) is 0 Å². The molecule has 0 aromatic heterocycles. The van der Waals surface area contributed by atoms with Gasteiger partial charge in [-0.15, -0.1) is 0 Å². The maximum atomic E-state index is 12.8. The molecule has 2 aromatic carbocycles. The Morgan fingerprint density at radius 2 is 1.64 bits per heavy atom. The van der Waals surface area contributed by atoms with Crippen molar-refractivity contribution in [2.24, 2.45) is 0 Å². The zero-order chi connectivity index (χ0) is 16.2. The normalized spacial score (nSPS) is 11.0. The maximum Gasteiger partial charge on any atom is 0.261 e. The summed E-state index contributed by atoms with van der Waals surface area (Å²) in [4.78, 5) is 11.6. The minimum Gasteiger partial charge on any atom is -0.352 e. The third-order valence-corrected chi connectivity index (χ3v) is 4.26. The highest BCUT2D eigenvalue weighted by atomic mass is 32.2. The lowest BCUT2D eigenvalue weighted by Crippen LogP contribution is -2.22. The summed E-state index contributed by atoms with van der Waals surface area (Å²) >= 11 is 0. The van der Waals surface area contributed by atoms with E-state index in [9.17, 15) is 17.6 Å². The summed E-state index contributed by atoms with van der Waals surface area (Å²) in [5.74, 6) is -0.716. The number of benzene rings is 2. The molecular weight excluding hydrogens is 307 g/mol. The van der Waals surface area contributed by atoms with Crippen LogP contribution in [0.5, 0.6) is 0 Å². The van der Waals surface area contributed by atoms with E-state index in [2.05, 4.69) is 10.0 Å². The van der Waals surface area contributed by atoms with Crippen LogP contribution in [0.3, 0.4) is 0 Å². The van der Waals surface area contributed by atoms with Crippen LogP contribution in [-0.2, 0) is 10.0 Å². The Hall–Kier alpha value is -2.41. The summed E-state index contributed by atoms with van der Waals surface area (Å²) in [5.41, 5.74) is 0.636. The van der Waals surface area contributed by atoms with Crippen LogP contribution in [0.15, 0.2) is 53.4 Å². The second-order valence-electron chi connectivity index (χ2n) is 4.50. The predicted molar refractivity (Wildman–Crippen MR) is 81.7 cm³/mol. The Kier molecular flexibility index (Phi) is 4.77. The van der Waals surface area contributed by atoms with Crippen LogP contribution in [0.2, 0.25) is 0 Å². The number of rotatable bonds is 5. The molecule has 2 rings (SSSR count). The van der Waals surface area contributed by atoms with Crippen molar-refractivity contribution in [3.63, 3.8) is 0 Å². The van der Waals surface area contributed by atoms with Gasteiger partial charge in [-0.1, -0.05) is 0 Å². The number of hydrogen-bond acceptors (Lipinski definition) is 3. The fraction of sp³-hybridized carbons (Fsp3) is 0.133. The standard InChI is InChI=1S/C15H15FN2O3S/c1-2-17-15(19)11-3-9-14(10-4-11)22(20,21)18-13-7-5-12(16)6-8-13/h3-10,18H,2H2,1H3,(H,17,19). The number of nitrogens with one attached hydrogen (secondary N) is 2. The van der Waals surface area contributed by atoms with E-state index in [1.54, 1.807) is 6.92 Å². The molecule has 0 heterocycles. The smallest absolute Gasteiger partial charge is 0.261 e. The van der Waals surface area contributed by atoms with E-state index >= 15 is 0 Å². The molecule has 0 aliphatic heterocycles. The molecule has 5 nitrogen and oxygen atoms in total. The van der Waals surface area contributed by atoms with Gasteiger partial charge in [0.15, 0.2) is 0 Å². The highest BCUT2D eigenvalue weighted by molar-refractivity contribution is 7.92. The van der Waals surface area contributed by atoms with Gasteiger partial charge in [0, 0.05) is 17.8 Å². The summed E-state index contributed by atoms with van der Waals surface area (Å²) in [6, 6.07) is 10.5. The minimum absolute atomic E-state index is 0.0184. The van der Waals surface area contributed by atoms with Gasteiger partial charge in [0.2, 0.25) is 0 Å². The van der Waals surface area contributed by atoms with Crippen LogP contribution in [-0.4, -0.2) is 20.9 Å². The van der Waals surface area contributed by atoms with E-state index in [-0.39, 0.29) is 16.5 Å². The largest absolute Gasteiger partial charge is 0.352 e. The third-order valence-electron chi connectivity index (χ3n) is 2.86.